The van der Waals surface area contributed by atoms with Crippen LogP contribution in [-0.2, 0) is 13.0 Å². The summed E-state index contributed by atoms with van der Waals surface area (Å²) >= 11 is 0. The predicted octanol–water partition coefficient (Wildman–Crippen LogP) is 4.43. The monoisotopic (exact) mass is 244 g/mol. The lowest BCUT2D eigenvalue weighted by Crippen LogP contribution is -2.07. The molecule has 0 bridgehead atoms. The third-order valence-electron chi connectivity index (χ3n) is 3.31. The van der Waals surface area contributed by atoms with E-state index in [1.165, 1.54) is 30.6 Å². The molecular weight excluding hydrogens is 220 g/mol. The highest BCUT2D eigenvalue weighted by atomic mass is 15.1. The number of nitrogens with zero attached hydrogens (tertiary/aromatic N) is 2. The van der Waals surface area contributed by atoms with Gasteiger partial charge in [-0.05, 0) is 24.5 Å². The molecule has 18 heavy (non-hydrogen) atoms. The maximum Gasteiger partial charge on any atom is 0.110 e. The van der Waals surface area contributed by atoms with Crippen LogP contribution in [0.15, 0.2) is 24.3 Å². The van der Waals surface area contributed by atoms with Gasteiger partial charge in [0.2, 0.25) is 0 Å². The molecule has 0 saturated carbocycles. The number of para-hydroxylation sites is 2. The van der Waals surface area contributed by atoms with E-state index in [4.69, 9.17) is 4.98 Å². The Labute approximate surface area is 110 Å². The minimum atomic E-state index is 0.659. The molecule has 0 fully saturated rings. The average molecular weight is 244 g/mol. The van der Waals surface area contributed by atoms with Gasteiger partial charge in [0.05, 0.1) is 11.0 Å². The first-order valence-electron chi connectivity index (χ1n) is 7.16. The number of aryl methyl sites for hydroxylation is 1. The van der Waals surface area contributed by atoms with E-state index in [2.05, 4.69) is 49.6 Å². The molecule has 0 spiro atoms. The summed E-state index contributed by atoms with van der Waals surface area (Å²) in [6.45, 7) is 7.88. The lowest BCUT2D eigenvalue weighted by atomic mass is 10.1. The number of fused-ring (bicyclic) bond motifs is 1. The number of hydrogen-bond acceptors (Lipinski definition) is 1. The second kappa shape index (κ2) is 6.03. The molecular formula is C16H24N2. The Morgan fingerprint density at radius 2 is 1.94 bits per heavy atom. The standard InChI is InChI=1S/C16H24N2/c1-4-5-8-11-18-15-10-7-6-9-14(15)17-16(18)12-13(2)3/h6-7,9-10,13H,4-5,8,11-12H2,1-3H3. The molecule has 0 N–H and O–H groups in total. The molecule has 0 unspecified atom stereocenters. The van der Waals surface area contributed by atoms with Crippen LogP contribution in [0.1, 0.15) is 45.9 Å². The highest BCUT2D eigenvalue weighted by molar-refractivity contribution is 5.75. The van der Waals surface area contributed by atoms with Gasteiger partial charge in [0.25, 0.3) is 0 Å². The van der Waals surface area contributed by atoms with Gasteiger partial charge >= 0.3 is 0 Å². The fourth-order valence-corrected chi connectivity index (χ4v) is 2.42. The lowest BCUT2D eigenvalue weighted by Gasteiger charge is -2.10. The Hall–Kier alpha value is -1.31. The fourth-order valence-electron chi connectivity index (χ4n) is 2.42. The molecule has 98 valence electrons. The summed E-state index contributed by atoms with van der Waals surface area (Å²) in [6, 6.07) is 8.50. The van der Waals surface area contributed by atoms with Gasteiger partial charge in [-0.25, -0.2) is 4.98 Å². The zero-order chi connectivity index (χ0) is 13.0. The quantitative estimate of drug-likeness (QED) is 0.688. The van der Waals surface area contributed by atoms with Gasteiger partial charge in [0.15, 0.2) is 0 Å². The Morgan fingerprint density at radius 3 is 2.67 bits per heavy atom. The van der Waals surface area contributed by atoms with Crippen molar-refractivity contribution in [2.24, 2.45) is 5.92 Å². The largest absolute Gasteiger partial charge is 0.328 e. The van der Waals surface area contributed by atoms with Gasteiger partial charge in [0, 0.05) is 13.0 Å². The second-order valence-corrected chi connectivity index (χ2v) is 5.47. The summed E-state index contributed by atoms with van der Waals surface area (Å²) in [5.74, 6) is 1.91. The molecule has 0 aliphatic rings. The third kappa shape index (κ3) is 2.92. The number of aromatic nitrogens is 2. The topological polar surface area (TPSA) is 17.8 Å². The van der Waals surface area contributed by atoms with Crippen molar-refractivity contribution in [3.05, 3.63) is 30.1 Å². The Bertz CT molecular complexity index is 497. The van der Waals surface area contributed by atoms with E-state index >= 15 is 0 Å². The molecule has 2 nitrogen and oxygen atoms in total. The zero-order valence-electron chi connectivity index (χ0n) is 11.8. The van der Waals surface area contributed by atoms with Gasteiger partial charge in [-0.2, -0.15) is 0 Å². The molecule has 0 radical (unpaired) electrons. The molecule has 2 rings (SSSR count). The lowest BCUT2D eigenvalue weighted by molar-refractivity contribution is 0.552. The summed E-state index contributed by atoms with van der Waals surface area (Å²) in [4.78, 5) is 4.79. The van der Waals surface area contributed by atoms with Crippen molar-refractivity contribution in [2.45, 2.75) is 53.0 Å². The van der Waals surface area contributed by atoms with Gasteiger partial charge in [0.1, 0.15) is 5.82 Å². The molecule has 1 aromatic carbocycles. The van der Waals surface area contributed by atoms with E-state index in [9.17, 15) is 0 Å². The predicted molar refractivity (Wildman–Crippen MR) is 77.8 cm³/mol. The van der Waals surface area contributed by atoms with E-state index in [0.717, 1.165) is 18.5 Å². The third-order valence-corrected chi connectivity index (χ3v) is 3.31. The van der Waals surface area contributed by atoms with Crippen LogP contribution in [0.5, 0.6) is 0 Å². The second-order valence-electron chi connectivity index (χ2n) is 5.47. The number of imidazole rings is 1. The average Bonchev–Trinajstić information content (AvgIpc) is 2.67. The Kier molecular flexibility index (Phi) is 4.40. The van der Waals surface area contributed by atoms with Gasteiger partial charge in [-0.1, -0.05) is 45.7 Å². The highest BCUT2D eigenvalue weighted by Gasteiger charge is 2.11. The molecule has 0 aliphatic carbocycles. The van der Waals surface area contributed by atoms with Gasteiger partial charge in [-0.3, -0.25) is 0 Å². The molecule has 0 aliphatic heterocycles. The number of hydrogen-bond donors (Lipinski definition) is 0. The summed E-state index contributed by atoms with van der Waals surface area (Å²) in [5.41, 5.74) is 2.44. The minimum Gasteiger partial charge on any atom is -0.328 e. The Morgan fingerprint density at radius 1 is 1.17 bits per heavy atom. The summed E-state index contributed by atoms with van der Waals surface area (Å²) in [6.07, 6.45) is 4.89. The molecule has 0 saturated heterocycles. The first-order valence-corrected chi connectivity index (χ1v) is 7.16. The van der Waals surface area contributed by atoms with E-state index in [-0.39, 0.29) is 0 Å². The molecule has 2 heteroatoms. The van der Waals surface area contributed by atoms with Crippen LogP contribution < -0.4 is 0 Å². The molecule has 1 heterocycles. The van der Waals surface area contributed by atoms with Crippen molar-refractivity contribution in [2.75, 3.05) is 0 Å². The van der Waals surface area contributed by atoms with Crippen molar-refractivity contribution < 1.29 is 0 Å². The van der Waals surface area contributed by atoms with Crippen LogP contribution in [0.2, 0.25) is 0 Å². The molecule has 0 amide bonds. The van der Waals surface area contributed by atoms with Crippen molar-refractivity contribution in [1.29, 1.82) is 0 Å². The fraction of sp³-hybridized carbons (Fsp3) is 0.562. The number of rotatable bonds is 6. The maximum atomic E-state index is 4.79. The van der Waals surface area contributed by atoms with E-state index in [1.54, 1.807) is 0 Å². The van der Waals surface area contributed by atoms with Gasteiger partial charge < -0.3 is 4.57 Å². The first kappa shape index (κ1) is 13.1. The van der Waals surface area contributed by atoms with E-state index < -0.39 is 0 Å². The maximum absolute atomic E-state index is 4.79. The van der Waals surface area contributed by atoms with Crippen LogP contribution in [-0.4, -0.2) is 9.55 Å². The summed E-state index contributed by atoms with van der Waals surface area (Å²) < 4.78 is 2.42. The normalized spacial score (nSPS) is 11.6. The number of benzene rings is 1. The van der Waals surface area contributed by atoms with E-state index in [1.807, 2.05) is 0 Å². The van der Waals surface area contributed by atoms with Crippen molar-refractivity contribution in [1.82, 2.24) is 9.55 Å². The van der Waals surface area contributed by atoms with Crippen molar-refractivity contribution in [3.63, 3.8) is 0 Å². The molecule has 0 atom stereocenters. The Balaban J connectivity index is 2.31. The summed E-state index contributed by atoms with van der Waals surface area (Å²) in [7, 11) is 0. The first-order chi connectivity index (χ1) is 8.72. The number of unbranched alkanes of at least 4 members (excludes halogenated alkanes) is 2. The molecule has 1 aromatic heterocycles. The minimum absolute atomic E-state index is 0.659. The molecule has 2 aromatic rings. The van der Waals surface area contributed by atoms with E-state index in [0.29, 0.717) is 5.92 Å². The van der Waals surface area contributed by atoms with Crippen LogP contribution in [0.25, 0.3) is 11.0 Å². The zero-order valence-corrected chi connectivity index (χ0v) is 11.8. The van der Waals surface area contributed by atoms with Crippen molar-refractivity contribution >= 4 is 11.0 Å². The SMILES string of the molecule is CCCCCn1c(CC(C)C)nc2ccccc21. The van der Waals surface area contributed by atoms with Crippen LogP contribution in [0.3, 0.4) is 0 Å². The highest BCUT2D eigenvalue weighted by Crippen LogP contribution is 2.19. The summed E-state index contributed by atoms with van der Waals surface area (Å²) in [5, 5.41) is 0. The van der Waals surface area contributed by atoms with Gasteiger partial charge in [-0.15, -0.1) is 0 Å². The van der Waals surface area contributed by atoms with Crippen LogP contribution in [0, 0.1) is 5.92 Å². The van der Waals surface area contributed by atoms with Crippen LogP contribution >= 0.6 is 0 Å². The smallest absolute Gasteiger partial charge is 0.110 e. The van der Waals surface area contributed by atoms with Crippen LogP contribution in [0.4, 0.5) is 0 Å². The van der Waals surface area contributed by atoms with Crippen molar-refractivity contribution in [3.8, 4) is 0 Å².